The van der Waals surface area contributed by atoms with E-state index >= 15 is 0 Å². The highest BCUT2D eigenvalue weighted by Crippen LogP contribution is 2.02. The molecule has 0 aromatic carbocycles. The van der Waals surface area contributed by atoms with Gasteiger partial charge in [-0.1, -0.05) is 0 Å². The molecule has 0 unspecified atom stereocenters. The van der Waals surface area contributed by atoms with Gasteiger partial charge in [-0.3, -0.25) is 0 Å². The van der Waals surface area contributed by atoms with Crippen LogP contribution in [0.1, 0.15) is 10.6 Å². The molecule has 0 aliphatic heterocycles. The summed E-state index contributed by atoms with van der Waals surface area (Å²) in [4.78, 5) is 17.8. The Hall–Kier alpha value is -1.54. The van der Waals surface area contributed by atoms with Crippen LogP contribution < -0.4 is 5.14 Å². The summed E-state index contributed by atoms with van der Waals surface area (Å²) in [5.41, 5.74) is 0. The van der Waals surface area contributed by atoms with Crippen LogP contribution in [0.3, 0.4) is 0 Å². The number of hydrogen-bond acceptors (Lipinski definition) is 6. The van der Waals surface area contributed by atoms with E-state index in [1.54, 1.807) is 0 Å². The van der Waals surface area contributed by atoms with Crippen LogP contribution in [0.2, 0.25) is 0 Å². The Labute approximate surface area is 80.0 Å². The summed E-state index contributed by atoms with van der Waals surface area (Å²) in [6, 6.07) is 1.09. The Morgan fingerprint density at radius 1 is 1.57 bits per heavy atom. The van der Waals surface area contributed by atoms with Crippen molar-refractivity contribution in [1.29, 1.82) is 0 Å². The van der Waals surface area contributed by atoms with Crippen molar-refractivity contribution in [3.05, 3.63) is 18.1 Å². The number of nitrogens with zero attached hydrogens (tertiary/aromatic N) is 2. The first-order valence-corrected chi connectivity index (χ1v) is 4.94. The van der Waals surface area contributed by atoms with Crippen LogP contribution in [0.15, 0.2) is 17.3 Å². The zero-order valence-electron chi connectivity index (χ0n) is 7.17. The third kappa shape index (κ3) is 2.24. The van der Waals surface area contributed by atoms with E-state index in [1.165, 1.54) is 0 Å². The van der Waals surface area contributed by atoms with Crippen LogP contribution in [0.5, 0.6) is 0 Å². The minimum Gasteiger partial charge on any atom is -0.463 e. The van der Waals surface area contributed by atoms with Crippen LogP contribution >= 0.6 is 0 Å². The SMILES string of the molecule is COC(=O)c1nccc(S(N)(=O)=O)n1. The minimum absolute atomic E-state index is 0.348. The van der Waals surface area contributed by atoms with Crippen molar-refractivity contribution in [3.63, 3.8) is 0 Å². The van der Waals surface area contributed by atoms with Crippen molar-refractivity contribution in [2.75, 3.05) is 7.11 Å². The summed E-state index contributed by atoms with van der Waals surface area (Å²) in [6.07, 6.45) is 1.11. The summed E-state index contributed by atoms with van der Waals surface area (Å²) in [5, 5.41) is 4.37. The number of aromatic nitrogens is 2. The standard InChI is InChI=1S/C6H7N3O4S/c1-13-6(10)5-8-3-2-4(9-5)14(7,11)12/h2-3H,1H3,(H2,7,11,12). The molecular weight excluding hydrogens is 210 g/mol. The second-order valence-electron chi connectivity index (χ2n) is 2.26. The first-order chi connectivity index (χ1) is 6.45. The summed E-state index contributed by atoms with van der Waals surface area (Å²) in [5.74, 6) is -1.17. The molecule has 0 spiro atoms. The molecule has 0 fully saturated rings. The minimum atomic E-state index is -3.93. The van der Waals surface area contributed by atoms with Gasteiger partial charge in [0.15, 0.2) is 5.03 Å². The highest BCUT2D eigenvalue weighted by atomic mass is 32.2. The average molecular weight is 217 g/mol. The van der Waals surface area contributed by atoms with Crippen LogP contribution in [-0.2, 0) is 14.8 Å². The van der Waals surface area contributed by atoms with Crippen molar-refractivity contribution >= 4 is 16.0 Å². The molecule has 8 heteroatoms. The van der Waals surface area contributed by atoms with Gasteiger partial charge in [0.25, 0.3) is 10.0 Å². The third-order valence-electron chi connectivity index (χ3n) is 1.29. The summed E-state index contributed by atoms with van der Waals surface area (Å²) in [7, 11) is -2.79. The number of sulfonamides is 1. The Morgan fingerprint density at radius 2 is 2.21 bits per heavy atom. The average Bonchev–Trinajstić information content (AvgIpc) is 2.15. The largest absolute Gasteiger partial charge is 0.463 e. The fraction of sp³-hybridized carbons (Fsp3) is 0.167. The van der Waals surface area contributed by atoms with Crippen LogP contribution in [0.25, 0.3) is 0 Å². The zero-order valence-corrected chi connectivity index (χ0v) is 7.98. The highest BCUT2D eigenvalue weighted by Gasteiger charge is 2.14. The lowest BCUT2D eigenvalue weighted by Gasteiger charge is -1.99. The normalized spacial score (nSPS) is 11.0. The lowest BCUT2D eigenvalue weighted by Crippen LogP contribution is -2.17. The van der Waals surface area contributed by atoms with E-state index in [-0.39, 0.29) is 5.82 Å². The number of carbonyl (C=O) groups is 1. The molecule has 2 N–H and O–H groups in total. The highest BCUT2D eigenvalue weighted by molar-refractivity contribution is 7.89. The Balaban J connectivity index is 3.21. The fourth-order valence-electron chi connectivity index (χ4n) is 0.690. The maximum Gasteiger partial charge on any atom is 0.376 e. The predicted molar refractivity (Wildman–Crippen MR) is 44.7 cm³/mol. The van der Waals surface area contributed by atoms with Crippen molar-refractivity contribution in [3.8, 4) is 0 Å². The molecule has 1 aromatic rings. The Morgan fingerprint density at radius 3 is 2.71 bits per heavy atom. The predicted octanol–water partition coefficient (Wildman–Crippen LogP) is -1.09. The van der Waals surface area contributed by atoms with Gasteiger partial charge in [-0.15, -0.1) is 0 Å². The van der Waals surface area contributed by atoms with Crippen molar-refractivity contribution in [2.24, 2.45) is 5.14 Å². The maximum absolute atomic E-state index is 10.9. The molecule has 76 valence electrons. The molecule has 0 radical (unpaired) electrons. The van der Waals surface area contributed by atoms with E-state index in [0.717, 1.165) is 19.4 Å². The van der Waals surface area contributed by atoms with E-state index in [2.05, 4.69) is 14.7 Å². The number of rotatable bonds is 2. The number of nitrogens with two attached hydrogens (primary N) is 1. The van der Waals surface area contributed by atoms with Crippen LogP contribution in [0.4, 0.5) is 0 Å². The van der Waals surface area contributed by atoms with E-state index in [0.29, 0.717) is 0 Å². The number of hydrogen-bond donors (Lipinski definition) is 1. The van der Waals surface area contributed by atoms with E-state index < -0.39 is 21.0 Å². The lowest BCUT2D eigenvalue weighted by atomic mass is 10.5. The molecule has 1 rings (SSSR count). The quantitative estimate of drug-likeness (QED) is 0.497. The first-order valence-electron chi connectivity index (χ1n) is 3.39. The van der Waals surface area contributed by atoms with Crippen LogP contribution in [-0.4, -0.2) is 31.5 Å². The molecule has 14 heavy (non-hydrogen) atoms. The van der Waals surface area contributed by atoms with Gasteiger partial charge in [0.2, 0.25) is 5.82 Å². The van der Waals surface area contributed by atoms with Crippen molar-refractivity contribution in [2.45, 2.75) is 5.03 Å². The lowest BCUT2D eigenvalue weighted by molar-refractivity contribution is 0.0585. The topological polar surface area (TPSA) is 112 Å². The van der Waals surface area contributed by atoms with Crippen LogP contribution in [0, 0.1) is 0 Å². The molecule has 7 nitrogen and oxygen atoms in total. The number of carbonyl (C=O) groups excluding carboxylic acids is 1. The van der Waals surface area contributed by atoms with Gasteiger partial charge >= 0.3 is 5.97 Å². The van der Waals surface area contributed by atoms with Gasteiger partial charge in [0.1, 0.15) is 0 Å². The molecule has 0 saturated carbocycles. The van der Waals surface area contributed by atoms with E-state index in [9.17, 15) is 13.2 Å². The van der Waals surface area contributed by atoms with Gasteiger partial charge in [-0.2, -0.15) is 0 Å². The monoisotopic (exact) mass is 217 g/mol. The molecule has 0 atom stereocenters. The number of esters is 1. The first kappa shape index (κ1) is 10.5. The second kappa shape index (κ2) is 3.68. The van der Waals surface area contributed by atoms with E-state index in [4.69, 9.17) is 5.14 Å². The van der Waals surface area contributed by atoms with Gasteiger partial charge in [0.05, 0.1) is 7.11 Å². The molecule has 1 heterocycles. The van der Waals surface area contributed by atoms with E-state index in [1.807, 2.05) is 0 Å². The summed E-state index contributed by atoms with van der Waals surface area (Å²) >= 11 is 0. The Bertz CT molecular complexity index is 456. The zero-order chi connectivity index (χ0) is 10.8. The molecule has 0 aliphatic rings. The van der Waals surface area contributed by atoms with Gasteiger partial charge in [-0.25, -0.2) is 28.3 Å². The van der Waals surface area contributed by atoms with Crippen molar-refractivity contribution < 1.29 is 17.9 Å². The third-order valence-corrected chi connectivity index (χ3v) is 2.10. The second-order valence-corrected chi connectivity index (χ2v) is 3.76. The molecule has 1 aromatic heterocycles. The maximum atomic E-state index is 10.9. The number of primary sulfonamides is 1. The smallest absolute Gasteiger partial charge is 0.376 e. The fourth-order valence-corrected chi connectivity index (χ4v) is 1.15. The number of methoxy groups -OCH3 is 1. The Kier molecular flexibility index (Phi) is 2.77. The molecule has 0 amide bonds. The van der Waals surface area contributed by atoms with Gasteiger partial charge in [-0.05, 0) is 6.07 Å². The molecule has 0 bridgehead atoms. The van der Waals surface area contributed by atoms with Gasteiger partial charge in [0, 0.05) is 6.20 Å². The molecule has 0 aliphatic carbocycles. The van der Waals surface area contributed by atoms with Crippen molar-refractivity contribution in [1.82, 2.24) is 9.97 Å². The van der Waals surface area contributed by atoms with Gasteiger partial charge < -0.3 is 4.74 Å². The molecule has 0 saturated heterocycles. The summed E-state index contributed by atoms with van der Waals surface area (Å²) in [6.45, 7) is 0. The summed E-state index contributed by atoms with van der Waals surface area (Å²) < 4.78 is 26.0. The number of ether oxygens (including phenoxy) is 1. The molecular formula is C6H7N3O4S.